The quantitative estimate of drug-likeness (QED) is 0.182. The minimum Gasteiger partial charge on any atom is -0.480 e. The molecule has 154 valence electrons. The van der Waals surface area contributed by atoms with Crippen molar-refractivity contribution in [2.75, 3.05) is 13.1 Å². The first-order valence-electron chi connectivity index (χ1n) is 9.28. The zero-order valence-corrected chi connectivity index (χ0v) is 16.1. The molecule has 10 nitrogen and oxygen atoms in total. The number of nitrogens with one attached hydrogen (secondary N) is 1. The molecule has 1 saturated heterocycles. The number of nitrogens with two attached hydrogens (primary N) is 3. The summed E-state index contributed by atoms with van der Waals surface area (Å²) in [6.07, 6.45) is 2.37. The van der Waals surface area contributed by atoms with Gasteiger partial charge in [-0.25, -0.2) is 4.79 Å². The molecule has 2 amide bonds. The van der Waals surface area contributed by atoms with Crippen molar-refractivity contribution in [2.45, 2.75) is 64.1 Å². The topological polar surface area (TPSA) is 177 Å². The molecule has 8 N–H and O–H groups in total. The second-order valence-electron chi connectivity index (χ2n) is 7.27. The van der Waals surface area contributed by atoms with Gasteiger partial charge in [0.15, 0.2) is 5.96 Å². The van der Waals surface area contributed by atoms with Gasteiger partial charge in [-0.2, -0.15) is 0 Å². The van der Waals surface area contributed by atoms with Crippen molar-refractivity contribution in [3.63, 3.8) is 0 Å². The Balaban J connectivity index is 2.70. The number of carboxylic acid groups (broad SMARTS) is 1. The molecule has 0 unspecified atom stereocenters. The largest absolute Gasteiger partial charge is 0.480 e. The van der Waals surface area contributed by atoms with Gasteiger partial charge in [-0.3, -0.25) is 14.6 Å². The Kier molecular flexibility index (Phi) is 8.99. The lowest BCUT2D eigenvalue weighted by molar-refractivity contribution is -0.149. The maximum atomic E-state index is 12.9. The number of hydrogen-bond donors (Lipinski definition) is 5. The Hall–Kier alpha value is -2.36. The number of carbonyl (C=O) groups excluding carboxylic acids is 2. The van der Waals surface area contributed by atoms with Gasteiger partial charge in [0, 0.05) is 13.1 Å². The van der Waals surface area contributed by atoms with Gasteiger partial charge in [0.25, 0.3) is 0 Å². The molecule has 0 aromatic carbocycles. The highest BCUT2D eigenvalue weighted by molar-refractivity contribution is 5.92. The van der Waals surface area contributed by atoms with Gasteiger partial charge in [0.2, 0.25) is 11.8 Å². The number of guanidine groups is 1. The monoisotopic (exact) mass is 384 g/mol. The summed E-state index contributed by atoms with van der Waals surface area (Å²) in [4.78, 5) is 41.8. The highest BCUT2D eigenvalue weighted by atomic mass is 16.4. The fourth-order valence-corrected chi connectivity index (χ4v) is 3.11. The van der Waals surface area contributed by atoms with Crippen LogP contribution in [0.2, 0.25) is 0 Å². The Bertz CT molecular complexity index is 562. The Morgan fingerprint density at radius 3 is 2.52 bits per heavy atom. The number of hydrogen-bond acceptors (Lipinski definition) is 5. The van der Waals surface area contributed by atoms with E-state index in [1.54, 1.807) is 0 Å². The molecule has 3 atom stereocenters. The number of rotatable bonds is 10. The molecule has 1 heterocycles. The van der Waals surface area contributed by atoms with Crippen LogP contribution in [0.3, 0.4) is 0 Å². The van der Waals surface area contributed by atoms with Crippen LogP contribution in [-0.4, -0.2) is 65.0 Å². The van der Waals surface area contributed by atoms with E-state index in [2.05, 4.69) is 10.3 Å². The average molecular weight is 384 g/mol. The Morgan fingerprint density at radius 1 is 1.30 bits per heavy atom. The lowest BCUT2D eigenvalue weighted by Gasteiger charge is -2.29. The summed E-state index contributed by atoms with van der Waals surface area (Å²) in [5.41, 5.74) is 16.4. The van der Waals surface area contributed by atoms with Gasteiger partial charge in [-0.05, 0) is 38.0 Å². The summed E-state index contributed by atoms with van der Waals surface area (Å²) in [6, 6.07) is -2.42. The van der Waals surface area contributed by atoms with Crippen LogP contribution in [0, 0.1) is 5.92 Å². The molecule has 0 aliphatic carbocycles. The van der Waals surface area contributed by atoms with E-state index >= 15 is 0 Å². The van der Waals surface area contributed by atoms with Crippen LogP contribution >= 0.6 is 0 Å². The van der Waals surface area contributed by atoms with Crippen molar-refractivity contribution in [2.24, 2.45) is 28.1 Å². The minimum absolute atomic E-state index is 0.0192. The molecule has 10 heteroatoms. The molecule has 0 aromatic rings. The molecule has 0 radical (unpaired) electrons. The molecule has 1 rings (SSSR count). The summed E-state index contributed by atoms with van der Waals surface area (Å²) < 4.78 is 0. The lowest BCUT2D eigenvalue weighted by atomic mass is 10.0. The predicted molar refractivity (Wildman–Crippen MR) is 102 cm³/mol. The van der Waals surface area contributed by atoms with Crippen LogP contribution < -0.4 is 22.5 Å². The SMILES string of the molecule is CC(C)C[C@H](NC(=O)[C@@H](N)CCCN=C(N)N)C(=O)N1CCC[C@H]1C(=O)O. The maximum absolute atomic E-state index is 12.9. The van der Waals surface area contributed by atoms with Crippen LogP contribution in [0.4, 0.5) is 0 Å². The third-order valence-electron chi connectivity index (χ3n) is 4.45. The molecular formula is C17H32N6O4. The standard InChI is InChI=1S/C17H32N6O4/c1-10(2)9-12(15(25)23-8-4-6-13(23)16(26)27)22-14(24)11(18)5-3-7-21-17(19)20/h10-13H,3-9,18H2,1-2H3,(H,22,24)(H,26,27)(H4,19,20,21)/t11-,12-,13-/m0/s1. The number of amides is 2. The van der Waals surface area contributed by atoms with Crippen molar-refractivity contribution in [1.29, 1.82) is 0 Å². The number of carboxylic acids is 1. The summed E-state index contributed by atoms with van der Waals surface area (Å²) in [6.45, 7) is 4.61. The van der Waals surface area contributed by atoms with Crippen molar-refractivity contribution >= 4 is 23.7 Å². The molecule has 0 aromatic heterocycles. The van der Waals surface area contributed by atoms with Gasteiger partial charge < -0.3 is 32.5 Å². The van der Waals surface area contributed by atoms with Crippen molar-refractivity contribution in [3.05, 3.63) is 0 Å². The molecule has 27 heavy (non-hydrogen) atoms. The summed E-state index contributed by atoms with van der Waals surface area (Å²) in [7, 11) is 0. The van der Waals surface area contributed by atoms with Gasteiger partial charge >= 0.3 is 5.97 Å². The summed E-state index contributed by atoms with van der Waals surface area (Å²) >= 11 is 0. The van der Waals surface area contributed by atoms with Gasteiger partial charge in [-0.1, -0.05) is 13.8 Å². The van der Waals surface area contributed by atoms with Gasteiger partial charge in [-0.15, -0.1) is 0 Å². The van der Waals surface area contributed by atoms with E-state index in [0.717, 1.165) is 0 Å². The highest BCUT2D eigenvalue weighted by Gasteiger charge is 2.38. The van der Waals surface area contributed by atoms with Crippen molar-refractivity contribution < 1.29 is 19.5 Å². The van der Waals surface area contributed by atoms with Crippen LogP contribution in [0.15, 0.2) is 4.99 Å². The Labute approximate surface area is 159 Å². The number of aliphatic imine (C=N–C) groups is 1. The summed E-state index contributed by atoms with van der Waals surface area (Å²) in [5.74, 6) is -1.70. The lowest BCUT2D eigenvalue weighted by Crippen LogP contribution is -2.54. The first kappa shape index (κ1) is 22.7. The van der Waals surface area contributed by atoms with Crippen molar-refractivity contribution in [1.82, 2.24) is 10.2 Å². The predicted octanol–water partition coefficient (Wildman–Crippen LogP) is -1.03. The second kappa shape index (κ2) is 10.7. The molecule has 0 saturated carbocycles. The number of carbonyl (C=O) groups is 3. The molecule has 0 spiro atoms. The van der Waals surface area contributed by atoms with E-state index in [-0.39, 0.29) is 17.8 Å². The third-order valence-corrected chi connectivity index (χ3v) is 4.45. The van der Waals surface area contributed by atoms with Gasteiger partial charge in [0.1, 0.15) is 12.1 Å². The van der Waals surface area contributed by atoms with E-state index in [1.165, 1.54) is 4.90 Å². The highest BCUT2D eigenvalue weighted by Crippen LogP contribution is 2.20. The normalized spacial score (nSPS) is 18.8. The molecule has 1 aliphatic heterocycles. The molecular weight excluding hydrogens is 352 g/mol. The first-order valence-corrected chi connectivity index (χ1v) is 9.28. The molecule has 0 bridgehead atoms. The second-order valence-corrected chi connectivity index (χ2v) is 7.27. The smallest absolute Gasteiger partial charge is 0.326 e. The van der Waals surface area contributed by atoms with E-state index in [0.29, 0.717) is 45.2 Å². The van der Waals surface area contributed by atoms with E-state index in [1.807, 2.05) is 13.8 Å². The fourth-order valence-electron chi connectivity index (χ4n) is 3.11. The van der Waals surface area contributed by atoms with Crippen LogP contribution in [0.25, 0.3) is 0 Å². The molecule has 1 fully saturated rings. The van der Waals surface area contributed by atoms with Crippen LogP contribution in [0.5, 0.6) is 0 Å². The van der Waals surface area contributed by atoms with E-state index < -0.39 is 30.0 Å². The minimum atomic E-state index is -1.02. The zero-order valence-electron chi connectivity index (χ0n) is 16.1. The maximum Gasteiger partial charge on any atom is 0.326 e. The van der Waals surface area contributed by atoms with Crippen LogP contribution in [-0.2, 0) is 14.4 Å². The van der Waals surface area contributed by atoms with Gasteiger partial charge in [0.05, 0.1) is 6.04 Å². The number of likely N-dealkylation sites (tertiary alicyclic amines) is 1. The van der Waals surface area contributed by atoms with E-state index in [9.17, 15) is 19.5 Å². The van der Waals surface area contributed by atoms with Crippen LogP contribution in [0.1, 0.15) is 46.0 Å². The number of aliphatic carboxylic acids is 1. The zero-order chi connectivity index (χ0) is 20.6. The first-order chi connectivity index (χ1) is 12.6. The summed E-state index contributed by atoms with van der Waals surface area (Å²) in [5, 5.41) is 12.0. The average Bonchev–Trinajstić information content (AvgIpc) is 3.06. The van der Waals surface area contributed by atoms with Crippen molar-refractivity contribution in [3.8, 4) is 0 Å². The number of nitrogens with zero attached hydrogens (tertiary/aromatic N) is 2. The fraction of sp³-hybridized carbons (Fsp3) is 0.765. The third kappa shape index (κ3) is 7.41. The molecule has 1 aliphatic rings. The Morgan fingerprint density at radius 2 is 1.96 bits per heavy atom. The van der Waals surface area contributed by atoms with E-state index in [4.69, 9.17) is 17.2 Å².